The summed E-state index contributed by atoms with van der Waals surface area (Å²) in [5.41, 5.74) is 6.68. The van der Waals surface area contributed by atoms with Crippen LogP contribution in [0.2, 0.25) is 0 Å². The molecule has 2 unspecified atom stereocenters. The zero-order chi connectivity index (χ0) is 15.2. The minimum absolute atomic E-state index is 0.0223. The van der Waals surface area contributed by atoms with Gasteiger partial charge in [0, 0.05) is 17.1 Å². The summed E-state index contributed by atoms with van der Waals surface area (Å²) in [5, 5.41) is 14.7. The summed E-state index contributed by atoms with van der Waals surface area (Å²) in [6, 6.07) is 11.4. The van der Waals surface area contributed by atoms with Crippen molar-refractivity contribution in [2.24, 2.45) is 5.41 Å². The maximum absolute atomic E-state index is 12.4. The Kier molecular flexibility index (Phi) is 3.14. The molecular formula is C17H20N2O2. The molecule has 2 aromatic rings. The van der Waals surface area contributed by atoms with E-state index >= 15 is 0 Å². The summed E-state index contributed by atoms with van der Waals surface area (Å²) in [4.78, 5) is 12.4. The number of amides is 1. The normalized spacial score (nSPS) is 23.6. The maximum Gasteiger partial charge on any atom is 0.253 e. The van der Waals surface area contributed by atoms with Crippen molar-refractivity contribution >= 4 is 22.4 Å². The Balaban J connectivity index is 1.87. The summed E-state index contributed by atoms with van der Waals surface area (Å²) in [6.07, 6.45) is 0.225. The minimum atomic E-state index is -0.364. The van der Waals surface area contributed by atoms with E-state index in [-0.39, 0.29) is 23.5 Å². The number of hydrogen-bond donors (Lipinski definition) is 3. The minimum Gasteiger partial charge on any atom is -0.398 e. The van der Waals surface area contributed by atoms with Crippen molar-refractivity contribution in [1.29, 1.82) is 0 Å². The van der Waals surface area contributed by atoms with Crippen molar-refractivity contribution in [2.45, 2.75) is 32.4 Å². The summed E-state index contributed by atoms with van der Waals surface area (Å²) >= 11 is 0. The van der Waals surface area contributed by atoms with Crippen LogP contribution in [0.25, 0.3) is 10.8 Å². The fourth-order valence-electron chi connectivity index (χ4n) is 2.84. The van der Waals surface area contributed by atoms with Gasteiger partial charge in [-0.2, -0.15) is 0 Å². The molecule has 2 atom stereocenters. The van der Waals surface area contributed by atoms with Crippen molar-refractivity contribution in [1.82, 2.24) is 5.32 Å². The molecule has 1 aliphatic rings. The first-order chi connectivity index (χ1) is 9.89. The van der Waals surface area contributed by atoms with E-state index in [2.05, 4.69) is 5.32 Å². The Hall–Kier alpha value is -2.07. The lowest BCUT2D eigenvalue weighted by Gasteiger charge is -2.49. The SMILES string of the molecule is CC1(C)C(O)CC1NC(=O)c1cc2ccccc2cc1N. The van der Waals surface area contributed by atoms with Crippen LogP contribution in [0.1, 0.15) is 30.6 Å². The van der Waals surface area contributed by atoms with Crippen molar-refractivity contribution in [3.8, 4) is 0 Å². The molecule has 1 fully saturated rings. The molecule has 0 bridgehead atoms. The third-order valence-electron chi connectivity index (χ3n) is 4.68. The van der Waals surface area contributed by atoms with Crippen LogP contribution in [0.15, 0.2) is 36.4 Å². The Morgan fingerprint density at radius 2 is 1.90 bits per heavy atom. The lowest BCUT2D eigenvalue weighted by molar-refractivity contribution is -0.0689. The predicted molar refractivity (Wildman–Crippen MR) is 84.0 cm³/mol. The van der Waals surface area contributed by atoms with Gasteiger partial charge in [0.2, 0.25) is 0 Å². The second-order valence-electron chi connectivity index (χ2n) is 6.39. The van der Waals surface area contributed by atoms with Gasteiger partial charge in [-0.15, -0.1) is 0 Å². The molecule has 0 radical (unpaired) electrons. The van der Waals surface area contributed by atoms with Crippen LogP contribution in [-0.4, -0.2) is 23.2 Å². The molecule has 4 N–H and O–H groups in total. The number of benzene rings is 2. The first-order valence-electron chi connectivity index (χ1n) is 7.17. The van der Waals surface area contributed by atoms with E-state index < -0.39 is 0 Å². The molecule has 0 heterocycles. The Labute approximate surface area is 124 Å². The number of nitrogens with two attached hydrogens (primary N) is 1. The zero-order valence-corrected chi connectivity index (χ0v) is 12.3. The monoisotopic (exact) mass is 284 g/mol. The third kappa shape index (κ3) is 2.25. The first kappa shape index (κ1) is 13.9. The zero-order valence-electron chi connectivity index (χ0n) is 12.3. The molecule has 0 aliphatic heterocycles. The molecule has 1 amide bonds. The second kappa shape index (κ2) is 4.74. The van der Waals surface area contributed by atoms with Crippen molar-refractivity contribution in [2.75, 3.05) is 5.73 Å². The van der Waals surface area contributed by atoms with Gasteiger partial charge in [0.15, 0.2) is 0 Å². The predicted octanol–water partition coefficient (Wildman–Crippen LogP) is 2.31. The van der Waals surface area contributed by atoms with Crippen LogP contribution in [0, 0.1) is 5.41 Å². The standard InChI is InChI=1S/C17H20N2O2/c1-17(2)14(9-15(17)20)19-16(21)12-7-10-5-3-4-6-11(10)8-13(12)18/h3-8,14-15,20H,9,18H2,1-2H3,(H,19,21). The average molecular weight is 284 g/mol. The molecule has 4 heteroatoms. The topological polar surface area (TPSA) is 75.3 Å². The Bertz CT molecular complexity index is 709. The highest BCUT2D eigenvalue weighted by atomic mass is 16.3. The van der Waals surface area contributed by atoms with Crippen LogP contribution >= 0.6 is 0 Å². The molecule has 4 nitrogen and oxygen atoms in total. The third-order valence-corrected chi connectivity index (χ3v) is 4.68. The first-order valence-corrected chi connectivity index (χ1v) is 7.17. The number of fused-ring (bicyclic) bond motifs is 1. The lowest BCUT2D eigenvalue weighted by Crippen LogP contribution is -2.61. The van der Waals surface area contributed by atoms with Gasteiger partial charge in [0.25, 0.3) is 5.91 Å². The molecule has 0 saturated heterocycles. The van der Waals surface area contributed by atoms with E-state index in [0.29, 0.717) is 17.7 Å². The van der Waals surface area contributed by atoms with Crippen LogP contribution in [0.3, 0.4) is 0 Å². The number of anilines is 1. The number of rotatable bonds is 2. The summed E-state index contributed by atoms with van der Waals surface area (Å²) < 4.78 is 0. The largest absolute Gasteiger partial charge is 0.398 e. The van der Waals surface area contributed by atoms with Gasteiger partial charge < -0.3 is 16.2 Å². The highest BCUT2D eigenvalue weighted by Crippen LogP contribution is 2.40. The van der Waals surface area contributed by atoms with Crippen molar-refractivity contribution in [3.05, 3.63) is 42.0 Å². The van der Waals surface area contributed by atoms with Gasteiger partial charge in [-0.1, -0.05) is 38.1 Å². The summed E-state index contributed by atoms with van der Waals surface area (Å²) in [5.74, 6) is -0.178. The number of aliphatic hydroxyl groups is 1. The Morgan fingerprint density at radius 1 is 1.29 bits per heavy atom. The molecule has 1 saturated carbocycles. The van der Waals surface area contributed by atoms with Gasteiger partial charge in [0.05, 0.1) is 11.7 Å². The average Bonchev–Trinajstić information content (AvgIpc) is 2.46. The summed E-state index contributed by atoms with van der Waals surface area (Å²) in [6.45, 7) is 3.91. The molecule has 0 aromatic heterocycles. The molecule has 110 valence electrons. The molecule has 21 heavy (non-hydrogen) atoms. The number of carbonyl (C=O) groups excluding carboxylic acids is 1. The number of hydrogen-bond acceptors (Lipinski definition) is 3. The van der Waals surface area contributed by atoms with Crippen LogP contribution in [0.4, 0.5) is 5.69 Å². The van der Waals surface area contributed by atoms with Crippen molar-refractivity contribution < 1.29 is 9.90 Å². The fourth-order valence-corrected chi connectivity index (χ4v) is 2.84. The quantitative estimate of drug-likeness (QED) is 0.741. The van der Waals surface area contributed by atoms with Gasteiger partial charge in [-0.25, -0.2) is 0 Å². The van der Waals surface area contributed by atoms with Crippen molar-refractivity contribution in [3.63, 3.8) is 0 Å². The van der Waals surface area contributed by atoms with E-state index in [4.69, 9.17) is 5.73 Å². The molecular weight excluding hydrogens is 264 g/mol. The Morgan fingerprint density at radius 3 is 2.48 bits per heavy atom. The molecule has 3 rings (SSSR count). The maximum atomic E-state index is 12.4. The van der Waals surface area contributed by atoms with Crippen LogP contribution < -0.4 is 11.1 Å². The van der Waals surface area contributed by atoms with Gasteiger partial charge >= 0.3 is 0 Å². The second-order valence-corrected chi connectivity index (χ2v) is 6.39. The van der Waals surface area contributed by atoms with E-state index in [1.807, 2.05) is 50.2 Å². The highest BCUT2D eigenvalue weighted by Gasteiger charge is 2.48. The molecule has 2 aromatic carbocycles. The number of aliphatic hydroxyl groups excluding tert-OH is 1. The van der Waals surface area contributed by atoms with E-state index in [1.165, 1.54) is 0 Å². The van der Waals surface area contributed by atoms with E-state index in [9.17, 15) is 9.90 Å². The highest BCUT2D eigenvalue weighted by molar-refractivity contribution is 6.04. The molecule has 0 spiro atoms. The number of nitrogens with one attached hydrogen (secondary N) is 1. The fraction of sp³-hybridized carbons (Fsp3) is 0.353. The smallest absolute Gasteiger partial charge is 0.253 e. The van der Waals surface area contributed by atoms with Gasteiger partial charge in [0.1, 0.15) is 0 Å². The van der Waals surface area contributed by atoms with Gasteiger partial charge in [-0.05, 0) is 29.3 Å². The molecule has 1 aliphatic carbocycles. The van der Waals surface area contributed by atoms with Crippen LogP contribution in [-0.2, 0) is 0 Å². The lowest BCUT2D eigenvalue weighted by atomic mass is 9.64. The van der Waals surface area contributed by atoms with Crippen LogP contribution in [0.5, 0.6) is 0 Å². The van der Waals surface area contributed by atoms with Gasteiger partial charge in [-0.3, -0.25) is 4.79 Å². The number of carbonyl (C=O) groups is 1. The van der Waals surface area contributed by atoms with E-state index in [1.54, 1.807) is 0 Å². The number of nitrogen functional groups attached to an aromatic ring is 1. The van der Waals surface area contributed by atoms with E-state index in [0.717, 1.165) is 10.8 Å². The summed E-state index contributed by atoms with van der Waals surface area (Å²) in [7, 11) is 0.